The molecule has 2 rings (SSSR count). The summed E-state index contributed by atoms with van der Waals surface area (Å²) in [4.78, 5) is 12.0. The molecule has 1 atom stereocenters. The Labute approximate surface area is 133 Å². The molecule has 0 fully saturated rings. The number of amides is 2. The number of carbonyl (C=O) groups excluding carboxylic acids is 1. The molecule has 0 aliphatic carbocycles. The van der Waals surface area contributed by atoms with Crippen LogP contribution in [0.25, 0.3) is 0 Å². The second-order valence-electron chi connectivity index (χ2n) is 4.76. The summed E-state index contributed by atoms with van der Waals surface area (Å²) < 4.78 is 5.12. The molecule has 22 heavy (non-hydrogen) atoms. The first-order valence-electron chi connectivity index (χ1n) is 6.69. The zero-order valence-electron chi connectivity index (χ0n) is 12.3. The number of carbonyl (C=O) groups is 1. The molecule has 116 valence electrons. The zero-order valence-corrected chi connectivity index (χ0v) is 13.0. The molecule has 0 spiro atoms. The van der Waals surface area contributed by atoms with E-state index in [1.807, 2.05) is 0 Å². The first-order chi connectivity index (χ1) is 10.5. The van der Waals surface area contributed by atoms with Gasteiger partial charge in [0.1, 0.15) is 11.5 Å². The molecule has 6 heteroatoms. The van der Waals surface area contributed by atoms with Gasteiger partial charge in [-0.05, 0) is 43.3 Å². The third kappa shape index (κ3) is 4.05. The molecule has 5 nitrogen and oxygen atoms in total. The van der Waals surface area contributed by atoms with Crippen molar-refractivity contribution in [2.75, 3.05) is 12.4 Å². The van der Waals surface area contributed by atoms with E-state index >= 15 is 0 Å². The van der Waals surface area contributed by atoms with Gasteiger partial charge in [-0.15, -0.1) is 0 Å². The third-order valence-electron chi connectivity index (χ3n) is 3.13. The number of nitrogens with one attached hydrogen (secondary N) is 2. The van der Waals surface area contributed by atoms with Crippen molar-refractivity contribution in [1.82, 2.24) is 5.32 Å². The largest absolute Gasteiger partial charge is 0.508 e. The number of aromatic hydroxyl groups is 1. The van der Waals surface area contributed by atoms with Gasteiger partial charge in [-0.2, -0.15) is 0 Å². The molecular formula is C16H17ClN2O3. The quantitative estimate of drug-likeness (QED) is 0.799. The van der Waals surface area contributed by atoms with Gasteiger partial charge in [0, 0.05) is 16.3 Å². The van der Waals surface area contributed by atoms with Crippen molar-refractivity contribution in [2.45, 2.75) is 13.0 Å². The summed E-state index contributed by atoms with van der Waals surface area (Å²) in [7, 11) is 1.54. The van der Waals surface area contributed by atoms with Crippen molar-refractivity contribution in [1.29, 1.82) is 0 Å². The van der Waals surface area contributed by atoms with Crippen LogP contribution in [0.15, 0.2) is 42.5 Å². The van der Waals surface area contributed by atoms with Gasteiger partial charge in [-0.1, -0.05) is 17.7 Å². The van der Waals surface area contributed by atoms with Gasteiger partial charge < -0.3 is 20.5 Å². The fourth-order valence-electron chi connectivity index (χ4n) is 2.01. The molecule has 2 amide bonds. The van der Waals surface area contributed by atoms with Crippen molar-refractivity contribution < 1.29 is 14.6 Å². The standard InChI is InChI=1S/C16H17ClN2O3/c1-10(14-9-13(22-2)6-7-15(14)20)18-16(21)19-12-5-3-4-11(17)8-12/h3-10,20H,1-2H3,(H2,18,19,21). The van der Waals surface area contributed by atoms with Gasteiger partial charge in [-0.25, -0.2) is 4.79 Å². The lowest BCUT2D eigenvalue weighted by Gasteiger charge is -2.17. The first-order valence-corrected chi connectivity index (χ1v) is 7.07. The predicted molar refractivity (Wildman–Crippen MR) is 86.7 cm³/mol. The van der Waals surface area contributed by atoms with Crippen LogP contribution in [0.3, 0.4) is 0 Å². The maximum Gasteiger partial charge on any atom is 0.319 e. The summed E-state index contributed by atoms with van der Waals surface area (Å²) in [5, 5.41) is 15.9. The van der Waals surface area contributed by atoms with Gasteiger partial charge in [0.05, 0.1) is 13.2 Å². The summed E-state index contributed by atoms with van der Waals surface area (Å²) >= 11 is 5.87. The Kier molecular flexibility index (Phi) is 5.12. The lowest BCUT2D eigenvalue weighted by atomic mass is 10.1. The highest BCUT2D eigenvalue weighted by molar-refractivity contribution is 6.30. The molecule has 0 saturated carbocycles. The van der Waals surface area contributed by atoms with E-state index in [4.69, 9.17) is 16.3 Å². The maximum atomic E-state index is 12.0. The smallest absolute Gasteiger partial charge is 0.319 e. The van der Waals surface area contributed by atoms with Gasteiger partial charge in [0.2, 0.25) is 0 Å². The number of anilines is 1. The summed E-state index contributed by atoms with van der Waals surface area (Å²) in [6.07, 6.45) is 0. The summed E-state index contributed by atoms with van der Waals surface area (Å²) in [5.74, 6) is 0.702. The number of hydrogen-bond acceptors (Lipinski definition) is 3. The van der Waals surface area contributed by atoms with Crippen LogP contribution in [0.2, 0.25) is 5.02 Å². The van der Waals surface area contributed by atoms with Crippen molar-refractivity contribution in [3.8, 4) is 11.5 Å². The fourth-order valence-corrected chi connectivity index (χ4v) is 2.20. The third-order valence-corrected chi connectivity index (χ3v) is 3.37. The topological polar surface area (TPSA) is 70.6 Å². The van der Waals surface area contributed by atoms with Crippen LogP contribution in [0.1, 0.15) is 18.5 Å². The Balaban J connectivity index is 2.05. The summed E-state index contributed by atoms with van der Waals surface area (Å²) in [5.41, 5.74) is 1.16. The van der Waals surface area contributed by atoms with E-state index in [-0.39, 0.29) is 5.75 Å². The minimum absolute atomic E-state index is 0.0938. The Morgan fingerprint density at radius 2 is 2.05 bits per heavy atom. The number of ether oxygens (including phenoxy) is 1. The highest BCUT2D eigenvalue weighted by Gasteiger charge is 2.14. The molecule has 2 aromatic carbocycles. The SMILES string of the molecule is COc1ccc(O)c(C(C)NC(=O)Nc2cccc(Cl)c2)c1. The average molecular weight is 321 g/mol. The minimum atomic E-state index is -0.394. The van der Waals surface area contributed by atoms with Gasteiger partial charge in [0.15, 0.2) is 0 Å². The van der Waals surface area contributed by atoms with Crippen molar-refractivity contribution in [2.24, 2.45) is 0 Å². The predicted octanol–water partition coefficient (Wildman–Crippen LogP) is 3.94. The Morgan fingerprint density at radius 3 is 2.73 bits per heavy atom. The molecule has 0 aromatic heterocycles. The van der Waals surface area contributed by atoms with E-state index in [1.54, 1.807) is 50.4 Å². The second-order valence-corrected chi connectivity index (χ2v) is 5.19. The van der Waals surface area contributed by atoms with Gasteiger partial charge in [0.25, 0.3) is 0 Å². The number of hydrogen-bond donors (Lipinski definition) is 3. The van der Waals surface area contributed by atoms with Crippen molar-refractivity contribution in [3.05, 3.63) is 53.1 Å². The number of phenols is 1. The van der Waals surface area contributed by atoms with Crippen molar-refractivity contribution in [3.63, 3.8) is 0 Å². The number of methoxy groups -OCH3 is 1. The minimum Gasteiger partial charge on any atom is -0.508 e. The van der Waals surface area contributed by atoms with E-state index in [2.05, 4.69) is 10.6 Å². The Hall–Kier alpha value is -2.40. The number of urea groups is 1. The van der Waals surface area contributed by atoms with E-state index in [1.165, 1.54) is 6.07 Å². The molecule has 1 unspecified atom stereocenters. The van der Waals surface area contributed by atoms with E-state index < -0.39 is 12.1 Å². The molecule has 2 aromatic rings. The summed E-state index contributed by atoms with van der Waals surface area (Å²) in [6, 6.07) is 10.9. The molecule has 0 aliphatic heterocycles. The van der Waals surface area contributed by atoms with Gasteiger partial charge in [-0.3, -0.25) is 0 Å². The van der Waals surface area contributed by atoms with E-state index in [0.29, 0.717) is 22.0 Å². The van der Waals surface area contributed by atoms with Crippen LogP contribution in [-0.2, 0) is 0 Å². The van der Waals surface area contributed by atoms with Gasteiger partial charge >= 0.3 is 6.03 Å². The molecule has 0 saturated heterocycles. The molecule has 0 heterocycles. The average Bonchev–Trinajstić information content (AvgIpc) is 2.47. The van der Waals surface area contributed by atoms with Crippen LogP contribution in [-0.4, -0.2) is 18.2 Å². The number of rotatable bonds is 4. The highest BCUT2D eigenvalue weighted by atomic mass is 35.5. The number of benzene rings is 2. The molecule has 3 N–H and O–H groups in total. The van der Waals surface area contributed by atoms with E-state index in [0.717, 1.165) is 0 Å². The molecular weight excluding hydrogens is 304 g/mol. The maximum absolute atomic E-state index is 12.0. The van der Waals surface area contributed by atoms with Crippen LogP contribution in [0.4, 0.5) is 10.5 Å². The lowest BCUT2D eigenvalue weighted by Crippen LogP contribution is -2.31. The van der Waals surface area contributed by atoms with Crippen LogP contribution in [0, 0.1) is 0 Å². The Bertz CT molecular complexity index is 676. The second kappa shape index (κ2) is 7.04. The summed E-state index contributed by atoms with van der Waals surface area (Å²) in [6.45, 7) is 1.77. The van der Waals surface area contributed by atoms with Crippen LogP contribution in [0.5, 0.6) is 11.5 Å². The normalized spacial score (nSPS) is 11.6. The number of halogens is 1. The van der Waals surface area contributed by atoms with Crippen LogP contribution < -0.4 is 15.4 Å². The molecule has 0 aliphatic rings. The van der Waals surface area contributed by atoms with E-state index in [9.17, 15) is 9.90 Å². The Morgan fingerprint density at radius 1 is 1.27 bits per heavy atom. The zero-order chi connectivity index (χ0) is 16.1. The molecule has 0 bridgehead atoms. The first kappa shape index (κ1) is 16.0. The fraction of sp³-hybridized carbons (Fsp3) is 0.188. The van der Waals surface area contributed by atoms with Crippen LogP contribution >= 0.6 is 11.6 Å². The highest BCUT2D eigenvalue weighted by Crippen LogP contribution is 2.28. The van der Waals surface area contributed by atoms with Crippen molar-refractivity contribution >= 4 is 23.3 Å². The monoisotopic (exact) mass is 320 g/mol. The molecule has 0 radical (unpaired) electrons. The lowest BCUT2D eigenvalue weighted by molar-refractivity contribution is 0.249. The number of phenolic OH excluding ortho intramolecular Hbond substituents is 1.